The molecule has 0 N–H and O–H groups in total. The first-order valence-corrected chi connectivity index (χ1v) is 14.1. The highest BCUT2D eigenvalue weighted by Gasteiger charge is 2.25. The number of esters is 2. The van der Waals surface area contributed by atoms with Crippen molar-refractivity contribution in [2.45, 2.75) is 76.4 Å². The molecule has 194 valence electrons. The quantitative estimate of drug-likeness (QED) is 0.0976. The molecule has 0 saturated carbocycles. The van der Waals surface area contributed by atoms with Gasteiger partial charge in [-0.2, -0.15) is 0 Å². The van der Waals surface area contributed by atoms with Crippen molar-refractivity contribution in [2.75, 3.05) is 0 Å². The molecule has 0 aliphatic carbocycles. The average Bonchev–Trinajstić information content (AvgIpc) is 2.83. The molecule has 0 amide bonds. The van der Waals surface area contributed by atoms with E-state index < -0.39 is 36.1 Å². The monoisotopic (exact) mass is 554 g/mol. The summed E-state index contributed by atoms with van der Waals surface area (Å²) in [5.74, 6) is -3.31. The van der Waals surface area contributed by atoms with Gasteiger partial charge in [0.1, 0.15) is 0 Å². The zero-order valence-electron chi connectivity index (χ0n) is 20.1. The molecule has 2 atom stereocenters. The van der Waals surface area contributed by atoms with Gasteiger partial charge in [-0.3, -0.25) is 19.2 Å². The summed E-state index contributed by atoms with van der Waals surface area (Å²) in [6.07, 6.45) is -0.500. The maximum absolute atomic E-state index is 12.1. The Balaban J connectivity index is 4.40. The third-order valence-electron chi connectivity index (χ3n) is 4.64. The number of unbranched alkanes of at least 4 members (excludes halogenated alkanes) is 1. The molecule has 0 aromatic rings. The molecule has 0 aromatic heterocycles. The second kappa shape index (κ2) is 19.0. The third-order valence-corrected chi connectivity index (χ3v) is 6.35. The molecule has 12 nitrogen and oxygen atoms in total. The zero-order valence-corrected chi connectivity index (χ0v) is 28.1. The molecule has 0 bridgehead atoms. The van der Waals surface area contributed by atoms with E-state index in [4.69, 9.17) is 18.3 Å². The Kier molecular flexibility index (Phi) is 17.7. The van der Waals surface area contributed by atoms with Gasteiger partial charge in [-0.15, -0.1) is 0 Å². The van der Waals surface area contributed by atoms with Crippen molar-refractivity contribution >= 4 is 77.8 Å². The molecule has 16 heteroatoms. The summed E-state index contributed by atoms with van der Waals surface area (Å²) in [5.41, 5.74) is 0. The predicted molar refractivity (Wildman–Crippen MR) is 130 cm³/mol. The van der Waals surface area contributed by atoms with Gasteiger partial charge in [0, 0.05) is 25.7 Å². The third kappa shape index (κ3) is 14.8. The molecule has 0 saturated heterocycles. The lowest BCUT2D eigenvalue weighted by Gasteiger charge is -2.16. The van der Waals surface area contributed by atoms with Gasteiger partial charge in [0.2, 0.25) is 41.9 Å². The van der Waals surface area contributed by atoms with Gasteiger partial charge in [-0.05, 0) is 38.5 Å². The van der Waals surface area contributed by atoms with E-state index in [1.807, 2.05) is 0 Å². The van der Waals surface area contributed by atoms with Gasteiger partial charge < -0.3 is 27.2 Å². The minimum Gasteiger partial charge on any atom is -0.529 e. The van der Waals surface area contributed by atoms with Crippen LogP contribution in [-0.4, -0.2) is 90.0 Å². The fraction of sp³-hybridized carbons (Fsp3) is 0.667. The van der Waals surface area contributed by atoms with Gasteiger partial charge in [-0.1, -0.05) is 0 Å². The lowest BCUT2D eigenvalue weighted by atomic mass is 10.1. The minimum atomic E-state index is -1.09. The molecular weight excluding hydrogens is 521 g/mol. The van der Waals surface area contributed by atoms with Crippen molar-refractivity contribution in [3.8, 4) is 0 Å². The van der Waals surface area contributed by atoms with Crippen LogP contribution in [0.25, 0.3) is 0 Å². The number of hydrogen-bond donors (Lipinski definition) is 0. The first-order chi connectivity index (χ1) is 16.2. The maximum atomic E-state index is 12.1. The summed E-state index contributed by atoms with van der Waals surface area (Å²) >= 11 is 0. The zero-order chi connectivity index (χ0) is 25.9. The molecule has 0 rings (SSSR count). The highest BCUT2D eigenvalue weighted by Crippen LogP contribution is 2.13. The van der Waals surface area contributed by atoms with Crippen LogP contribution in [0.4, 0.5) is 0 Å². The average molecular weight is 555 g/mol. The summed E-state index contributed by atoms with van der Waals surface area (Å²) in [4.78, 5) is 70.2. The van der Waals surface area contributed by atoms with Crippen LogP contribution in [0.15, 0.2) is 0 Å². The van der Waals surface area contributed by atoms with Gasteiger partial charge in [0.15, 0.2) is 12.2 Å². The molecule has 34 heavy (non-hydrogen) atoms. The molecule has 0 aliphatic heterocycles. The standard InChI is InChI=1S/C18H34O12Si4/c19-13(25-11(17(23)29-33)5-3-9-15(21)27-31)7-1-2-8-14(20)26-12(18(24)30-34)6-4-10-16(22)28-32/h11-12H,1-10H2,31-34H3. The number of hydrogen-bond acceptors (Lipinski definition) is 12. The second-order valence-corrected chi connectivity index (χ2v) is 8.78. The highest BCUT2D eigenvalue weighted by atomic mass is 28.2. The number of carbonyl (C=O) groups excluding carboxylic acids is 6. The Morgan fingerprint density at radius 2 is 0.794 bits per heavy atom. The molecular formula is C18H34O12Si4. The van der Waals surface area contributed by atoms with E-state index in [2.05, 4.69) is 8.85 Å². The van der Waals surface area contributed by atoms with E-state index in [-0.39, 0.29) is 92.4 Å². The summed E-state index contributed by atoms with van der Waals surface area (Å²) in [5, 5.41) is 0. The van der Waals surface area contributed by atoms with Crippen molar-refractivity contribution in [1.29, 1.82) is 0 Å². The highest BCUT2D eigenvalue weighted by molar-refractivity contribution is 6.07. The molecule has 0 spiro atoms. The Bertz CT molecular complexity index is 644. The van der Waals surface area contributed by atoms with Crippen molar-refractivity contribution in [3.05, 3.63) is 0 Å². The summed E-state index contributed by atoms with van der Waals surface area (Å²) in [6.45, 7) is 0. The van der Waals surface area contributed by atoms with Gasteiger partial charge >= 0.3 is 23.9 Å². The van der Waals surface area contributed by atoms with Crippen LogP contribution in [0.3, 0.4) is 0 Å². The van der Waals surface area contributed by atoms with Crippen LogP contribution in [-0.2, 0) is 55.9 Å². The first kappa shape index (κ1) is 31.7. The molecule has 0 heterocycles. The van der Waals surface area contributed by atoms with Crippen molar-refractivity contribution in [3.63, 3.8) is 0 Å². The number of carbonyl (C=O) groups is 6. The smallest absolute Gasteiger partial charge is 0.333 e. The van der Waals surface area contributed by atoms with E-state index in [0.29, 0.717) is 25.7 Å². The van der Waals surface area contributed by atoms with Gasteiger partial charge in [-0.25, -0.2) is 9.59 Å². The molecule has 2 unspecified atom stereocenters. The fourth-order valence-corrected chi connectivity index (χ4v) is 3.69. The molecule has 0 radical (unpaired) electrons. The normalized spacial score (nSPS) is 12.4. The largest absolute Gasteiger partial charge is 0.529 e. The minimum absolute atomic E-state index is 0.0325. The predicted octanol–water partition coefficient (Wildman–Crippen LogP) is -3.99. The summed E-state index contributed by atoms with van der Waals surface area (Å²) in [7, 11) is 0.862. The van der Waals surface area contributed by atoms with E-state index in [1.165, 1.54) is 0 Å². The Labute approximate surface area is 210 Å². The van der Waals surface area contributed by atoms with E-state index in [0.717, 1.165) is 0 Å². The van der Waals surface area contributed by atoms with Crippen LogP contribution in [0.2, 0.25) is 0 Å². The van der Waals surface area contributed by atoms with Crippen LogP contribution < -0.4 is 0 Å². The first-order valence-electron chi connectivity index (χ1n) is 10.9. The maximum Gasteiger partial charge on any atom is 0.333 e. The van der Waals surface area contributed by atoms with E-state index in [9.17, 15) is 28.8 Å². The van der Waals surface area contributed by atoms with Gasteiger partial charge in [0.25, 0.3) is 11.9 Å². The van der Waals surface area contributed by atoms with E-state index in [1.54, 1.807) is 0 Å². The Morgan fingerprint density at radius 3 is 1.09 bits per heavy atom. The number of ether oxygens (including phenoxy) is 2. The van der Waals surface area contributed by atoms with Crippen molar-refractivity contribution < 1.29 is 55.9 Å². The SMILES string of the molecule is O=C(CCCC(OC(=O)CCCCC(=O)OC(CCCC(=O)O[SiH3])C(=O)O[SiH3])C(=O)O[SiH3])O[SiH3]. The van der Waals surface area contributed by atoms with Crippen molar-refractivity contribution in [1.82, 2.24) is 0 Å². The van der Waals surface area contributed by atoms with E-state index >= 15 is 0 Å². The summed E-state index contributed by atoms with van der Waals surface area (Å²) < 4.78 is 29.2. The topological polar surface area (TPSA) is 158 Å². The van der Waals surface area contributed by atoms with Crippen LogP contribution in [0.1, 0.15) is 64.2 Å². The van der Waals surface area contributed by atoms with Gasteiger partial charge in [0.05, 0.1) is 0 Å². The van der Waals surface area contributed by atoms with Crippen LogP contribution in [0, 0.1) is 0 Å². The van der Waals surface area contributed by atoms with Crippen LogP contribution in [0.5, 0.6) is 0 Å². The molecule has 0 fully saturated rings. The lowest BCUT2D eigenvalue weighted by Crippen LogP contribution is -2.29. The summed E-state index contributed by atoms with van der Waals surface area (Å²) in [6, 6.07) is 0. The fourth-order valence-electron chi connectivity index (χ4n) is 2.75. The second-order valence-electron chi connectivity index (χ2n) is 7.15. The lowest BCUT2D eigenvalue weighted by molar-refractivity contribution is -0.163. The molecule has 0 aromatic carbocycles. The Morgan fingerprint density at radius 1 is 0.471 bits per heavy atom. The molecule has 0 aliphatic rings. The van der Waals surface area contributed by atoms with Crippen LogP contribution >= 0.6 is 0 Å². The Hall–Kier alpha value is -2.31. The number of rotatable bonds is 17. The van der Waals surface area contributed by atoms with Crippen molar-refractivity contribution in [2.24, 2.45) is 0 Å².